The minimum Gasteiger partial charge on any atom is -0.277 e. The first-order valence-electron chi connectivity index (χ1n) is 5.72. The molecule has 2 aromatic rings. The predicted molar refractivity (Wildman–Crippen MR) is 73.1 cm³/mol. The molecule has 20 heavy (non-hydrogen) atoms. The molecule has 4 nitrogen and oxygen atoms in total. The van der Waals surface area contributed by atoms with Crippen molar-refractivity contribution in [3.63, 3.8) is 0 Å². The van der Waals surface area contributed by atoms with Crippen LogP contribution in [0.5, 0.6) is 0 Å². The second kappa shape index (κ2) is 5.31. The third-order valence-electron chi connectivity index (χ3n) is 2.67. The number of hydrogen-bond donors (Lipinski definition) is 1. The van der Waals surface area contributed by atoms with Crippen LogP contribution >= 0.6 is 0 Å². The van der Waals surface area contributed by atoms with E-state index in [2.05, 4.69) is 4.72 Å². The van der Waals surface area contributed by atoms with Crippen LogP contribution in [-0.4, -0.2) is 8.42 Å². The number of benzene rings is 2. The maximum absolute atomic E-state index is 13.7. The van der Waals surface area contributed by atoms with Gasteiger partial charge in [0, 0.05) is 0 Å². The van der Waals surface area contributed by atoms with E-state index < -0.39 is 15.8 Å². The van der Waals surface area contributed by atoms with Crippen LogP contribution in [0.3, 0.4) is 0 Å². The van der Waals surface area contributed by atoms with Crippen LogP contribution in [0.4, 0.5) is 10.1 Å². The quantitative estimate of drug-likeness (QED) is 0.945. The van der Waals surface area contributed by atoms with Crippen molar-refractivity contribution >= 4 is 15.7 Å². The Morgan fingerprint density at radius 3 is 2.55 bits per heavy atom. The molecule has 6 heteroatoms. The molecule has 0 heterocycles. The van der Waals surface area contributed by atoms with Gasteiger partial charge in [-0.25, -0.2) is 12.8 Å². The lowest BCUT2D eigenvalue weighted by atomic mass is 10.2. The molecule has 0 amide bonds. The summed E-state index contributed by atoms with van der Waals surface area (Å²) in [6.07, 6.45) is 0. The highest BCUT2D eigenvalue weighted by Crippen LogP contribution is 2.21. The molecule has 0 saturated heterocycles. The highest BCUT2D eigenvalue weighted by molar-refractivity contribution is 7.92. The monoisotopic (exact) mass is 290 g/mol. The van der Waals surface area contributed by atoms with Gasteiger partial charge in [0.25, 0.3) is 10.0 Å². The number of sulfonamides is 1. The first-order valence-corrected chi connectivity index (χ1v) is 7.20. The van der Waals surface area contributed by atoms with E-state index >= 15 is 0 Å². The third kappa shape index (κ3) is 2.78. The average Bonchev–Trinajstić information content (AvgIpc) is 2.42. The van der Waals surface area contributed by atoms with Crippen LogP contribution in [0.15, 0.2) is 47.4 Å². The van der Waals surface area contributed by atoms with Crippen molar-refractivity contribution in [2.24, 2.45) is 0 Å². The van der Waals surface area contributed by atoms with E-state index in [0.717, 1.165) is 0 Å². The highest BCUT2D eigenvalue weighted by atomic mass is 32.2. The van der Waals surface area contributed by atoms with Crippen LogP contribution in [0.2, 0.25) is 0 Å². The van der Waals surface area contributed by atoms with Crippen LogP contribution in [0.1, 0.15) is 11.1 Å². The fourth-order valence-electron chi connectivity index (χ4n) is 1.70. The summed E-state index contributed by atoms with van der Waals surface area (Å²) in [5.74, 6) is -0.664. The molecule has 1 N–H and O–H groups in total. The Morgan fingerprint density at radius 2 is 1.90 bits per heavy atom. The minimum atomic E-state index is -4.00. The van der Waals surface area contributed by atoms with Crippen LogP contribution in [-0.2, 0) is 10.0 Å². The summed E-state index contributed by atoms with van der Waals surface area (Å²) in [5.41, 5.74) is 0.540. The number of anilines is 1. The topological polar surface area (TPSA) is 70.0 Å². The maximum atomic E-state index is 13.7. The normalized spacial score (nSPS) is 10.8. The van der Waals surface area contributed by atoms with E-state index in [0.29, 0.717) is 5.56 Å². The summed E-state index contributed by atoms with van der Waals surface area (Å²) < 4.78 is 40.2. The SMILES string of the molecule is Cc1ccc(NS(=O)(=O)c2ccccc2C#N)c(F)c1. The zero-order chi connectivity index (χ0) is 14.8. The van der Waals surface area contributed by atoms with Gasteiger partial charge in [0.05, 0.1) is 11.3 Å². The summed E-state index contributed by atoms with van der Waals surface area (Å²) in [7, 11) is -4.00. The smallest absolute Gasteiger partial charge is 0.263 e. The van der Waals surface area contributed by atoms with Gasteiger partial charge in [-0.15, -0.1) is 0 Å². The standard InChI is InChI=1S/C14H11FN2O2S/c1-10-6-7-13(12(15)8-10)17-20(18,19)14-5-3-2-4-11(14)9-16/h2-8,17H,1H3. The molecule has 0 aliphatic carbocycles. The molecule has 0 aliphatic rings. The molecule has 0 bridgehead atoms. The van der Waals surface area contributed by atoms with E-state index in [1.54, 1.807) is 25.1 Å². The molecule has 0 aliphatic heterocycles. The lowest BCUT2D eigenvalue weighted by Gasteiger charge is -2.10. The molecule has 2 rings (SSSR count). The minimum absolute atomic E-state index is 0.00696. The lowest BCUT2D eigenvalue weighted by molar-refractivity contribution is 0.598. The van der Waals surface area contributed by atoms with Gasteiger partial charge in [-0.2, -0.15) is 5.26 Å². The molecule has 0 spiro atoms. The Hall–Kier alpha value is -2.39. The van der Waals surface area contributed by atoms with Gasteiger partial charge in [-0.3, -0.25) is 4.72 Å². The lowest BCUT2D eigenvalue weighted by Crippen LogP contribution is -2.15. The van der Waals surface area contributed by atoms with Gasteiger partial charge < -0.3 is 0 Å². The zero-order valence-corrected chi connectivity index (χ0v) is 11.4. The third-order valence-corrected chi connectivity index (χ3v) is 4.09. The molecule has 102 valence electrons. The zero-order valence-electron chi connectivity index (χ0n) is 10.6. The first kappa shape index (κ1) is 14.0. The van der Waals surface area contributed by atoms with Crippen molar-refractivity contribution in [3.8, 4) is 6.07 Å². The van der Waals surface area contributed by atoms with Gasteiger partial charge in [0.2, 0.25) is 0 Å². The summed E-state index contributed by atoms with van der Waals surface area (Å²) in [6.45, 7) is 1.70. The molecule has 0 atom stereocenters. The van der Waals surface area contributed by atoms with E-state index in [1.807, 2.05) is 0 Å². The van der Waals surface area contributed by atoms with Gasteiger partial charge in [-0.05, 0) is 36.8 Å². The Labute approximate surface area is 116 Å². The predicted octanol–water partition coefficient (Wildman–Crippen LogP) is 2.81. The molecular formula is C14H11FN2O2S. The molecule has 0 fully saturated rings. The summed E-state index contributed by atoms with van der Waals surface area (Å²) in [5, 5.41) is 8.92. The van der Waals surface area contributed by atoms with E-state index in [9.17, 15) is 12.8 Å². The van der Waals surface area contributed by atoms with Gasteiger partial charge >= 0.3 is 0 Å². The molecular weight excluding hydrogens is 279 g/mol. The highest BCUT2D eigenvalue weighted by Gasteiger charge is 2.19. The maximum Gasteiger partial charge on any atom is 0.263 e. The second-order valence-corrected chi connectivity index (χ2v) is 5.85. The van der Waals surface area contributed by atoms with Crippen molar-refractivity contribution in [2.75, 3.05) is 4.72 Å². The molecule has 0 aromatic heterocycles. The largest absolute Gasteiger partial charge is 0.277 e. The fraction of sp³-hybridized carbons (Fsp3) is 0.0714. The number of nitriles is 1. The van der Waals surface area contributed by atoms with Crippen molar-refractivity contribution in [1.29, 1.82) is 5.26 Å². The van der Waals surface area contributed by atoms with E-state index in [-0.39, 0.29) is 16.1 Å². The van der Waals surface area contributed by atoms with Crippen LogP contribution < -0.4 is 4.72 Å². The molecule has 0 radical (unpaired) electrons. The molecule has 2 aromatic carbocycles. The number of hydrogen-bond acceptors (Lipinski definition) is 3. The number of rotatable bonds is 3. The first-order chi connectivity index (χ1) is 9.44. The molecule has 0 saturated carbocycles. The molecule has 0 unspecified atom stereocenters. The average molecular weight is 290 g/mol. The van der Waals surface area contributed by atoms with E-state index in [4.69, 9.17) is 5.26 Å². The number of aryl methyl sites for hydroxylation is 1. The summed E-state index contributed by atoms with van der Waals surface area (Å²) in [4.78, 5) is -0.178. The fourth-order valence-corrected chi connectivity index (χ4v) is 2.92. The summed E-state index contributed by atoms with van der Waals surface area (Å²) >= 11 is 0. The Bertz CT molecular complexity index is 795. The van der Waals surface area contributed by atoms with Crippen LogP contribution in [0.25, 0.3) is 0 Å². The van der Waals surface area contributed by atoms with Crippen molar-refractivity contribution in [2.45, 2.75) is 11.8 Å². The van der Waals surface area contributed by atoms with Gasteiger partial charge in [0.15, 0.2) is 0 Å². The van der Waals surface area contributed by atoms with Gasteiger partial charge in [0.1, 0.15) is 16.8 Å². The van der Waals surface area contributed by atoms with Crippen molar-refractivity contribution < 1.29 is 12.8 Å². The van der Waals surface area contributed by atoms with Crippen molar-refractivity contribution in [1.82, 2.24) is 0 Å². The Morgan fingerprint density at radius 1 is 1.20 bits per heavy atom. The number of nitrogens with one attached hydrogen (secondary N) is 1. The van der Waals surface area contributed by atoms with Crippen molar-refractivity contribution in [3.05, 3.63) is 59.4 Å². The summed E-state index contributed by atoms with van der Waals surface area (Å²) in [6, 6.07) is 11.7. The van der Waals surface area contributed by atoms with Crippen LogP contribution in [0, 0.1) is 24.1 Å². The number of nitrogens with zero attached hydrogens (tertiary/aromatic N) is 1. The van der Waals surface area contributed by atoms with E-state index in [1.165, 1.54) is 30.3 Å². The Balaban J connectivity index is 2.44. The number of halogens is 1. The Kier molecular flexibility index (Phi) is 3.72. The van der Waals surface area contributed by atoms with Gasteiger partial charge in [-0.1, -0.05) is 18.2 Å². The second-order valence-electron chi connectivity index (χ2n) is 4.20.